The van der Waals surface area contributed by atoms with Crippen molar-refractivity contribution < 1.29 is 14.6 Å². The van der Waals surface area contributed by atoms with Crippen LogP contribution in [0.5, 0.6) is 0 Å². The first kappa shape index (κ1) is 13.8. The molecule has 2 atom stereocenters. The molecule has 1 amide bonds. The average molecular weight is 264 g/mol. The van der Waals surface area contributed by atoms with E-state index in [1.54, 1.807) is 7.11 Å². The minimum atomic E-state index is -0.529. The average Bonchev–Trinajstić information content (AvgIpc) is 2.82. The van der Waals surface area contributed by atoms with Gasteiger partial charge in [0.15, 0.2) is 0 Å². The number of hydrogen-bond acceptors (Lipinski definition) is 4. The number of benzene rings is 1. The summed E-state index contributed by atoms with van der Waals surface area (Å²) in [5, 5.41) is 15.5. The first-order valence-corrected chi connectivity index (χ1v) is 6.50. The molecular weight excluding hydrogens is 244 g/mol. The largest absolute Gasteiger partial charge is 0.391 e. The van der Waals surface area contributed by atoms with Crippen molar-refractivity contribution in [3.63, 3.8) is 0 Å². The second kappa shape index (κ2) is 6.54. The number of fused-ring (bicyclic) bond motifs is 1. The van der Waals surface area contributed by atoms with Crippen molar-refractivity contribution >= 4 is 11.6 Å². The van der Waals surface area contributed by atoms with E-state index in [1.807, 2.05) is 24.3 Å². The van der Waals surface area contributed by atoms with Crippen LogP contribution < -0.4 is 10.6 Å². The van der Waals surface area contributed by atoms with Crippen LogP contribution in [-0.2, 0) is 16.0 Å². The summed E-state index contributed by atoms with van der Waals surface area (Å²) < 4.78 is 4.83. The summed E-state index contributed by atoms with van der Waals surface area (Å²) in [6.07, 6.45) is 0.682. The van der Waals surface area contributed by atoms with Crippen LogP contribution in [0.4, 0.5) is 5.69 Å². The third-order valence-electron chi connectivity index (χ3n) is 3.22. The Hall–Kier alpha value is -1.59. The Labute approximate surface area is 113 Å². The highest BCUT2D eigenvalue weighted by Crippen LogP contribution is 2.24. The van der Waals surface area contributed by atoms with Gasteiger partial charge in [-0.3, -0.25) is 4.79 Å². The van der Waals surface area contributed by atoms with E-state index in [9.17, 15) is 9.90 Å². The monoisotopic (exact) mass is 264 g/mol. The summed E-state index contributed by atoms with van der Waals surface area (Å²) in [4.78, 5) is 12.0. The molecule has 1 aromatic rings. The molecular formula is C14H20N2O3. The number of hydrogen-bond donors (Lipinski definition) is 3. The SMILES string of the molecule is COCC(O)CCNC(=O)[C@@H]1Cc2ccccc2N1. The van der Waals surface area contributed by atoms with Crippen LogP contribution in [0.3, 0.4) is 0 Å². The number of rotatable bonds is 6. The molecule has 0 bridgehead atoms. The van der Waals surface area contributed by atoms with E-state index in [0.29, 0.717) is 26.0 Å². The van der Waals surface area contributed by atoms with E-state index < -0.39 is 6.10 Å². The molecule has 0 saturated carbocycles. The molecule has 0 spiro atoms. The number of para-hydroxylation sites is 1. The zero-order valence-corrected chi connectivity index (χ0v) is 11.1. The summed E-state index contributed by atoms with van der Waals surface area (Å²) in [6.45, 7) is 0.751. The predicted molar refractivity (Wildman–Crippen MR) is 73.1 cm³/mol. The molecule has 1 unspecified atom stereocenters. The van der Waals surface area contributed by atoms with Crippen molar-refractivity contribution in [1.82, 2.24) is 5.32 Å². The maximum Gasteiger partial charge on any atom is 0.242 e. The molecule has 1 aromatic carbocycles. The molecule has 3 N–H and O–H groups in total. The maximum atomic E-state index is 12.0. The zero-order valence-electron chi connectivity index (χ0n) is 11.1. The molecule has 0 aromatic heterocycles. The first-order valence-electron chi connectivity index (χ1n) is 6.50. The first-order chi connectivity index (χ1) is 9.20. The Morgan fingerprint density at radius 2 is 2.37 bits per heavy atom. The number of ether oxygens (including phenoxy) is 1. The number of aliphatic hydroxyl groups is 1. The van der Waals surface area contributed by atoms with Crippen LogP contribution in [0, 0.1) is 0 Å². The Morgan fingerprint density at radius 1 is 1.58 bits per heavy atom. The van der Waals surface area contributed by atoms with Crippen molar-refractivity contribution in [2.24, 2.45) is 0 Å². The van der Waals surface area contributed by atoms with Crippen molar-refractivity contribution in [3.8, 4) is 0 Å². The standard InChI is InChI=1S/C14H20N2O3/c1-19-9-11(17)6-7-15-14(18)13-8-10-4-2-3-5-12(10)16-13/h2-5,11,13,16-17H,6-9H2,1H3,(H,15,18)/t11?,13-/m0/s1. The van der Waals surface area contributed by atoms with Gasteiger partial charge in [0.05, 0.1) is 12.7 Å². The predicted octanol–water partition coefficient (Wildman–Crippen LogP) is 0.537. The fourth-order valence-electron chi connectivity index (χ4n) is 2.22. The molecule has 0 fully saturated rings. The van der Waals surface area contributed by atoms with E-state index in [4.69, 9.17) is 4.74 Å². The summed E-state index contributed by atoms with van der Waals surface area (Å²) in [5.74, 6) is -0.0270. The van der Waals surface area contributed by atoms with Gasteiger partial charge in [0.2, 0.25) is 5.91 Å². The highest BCUT2D eigenvalue weighted by molar-refractivity contribution is 5.87. The number of carbonyl (C=O) groups is 1. The van der Waals surface area contributed by atoms with Gasteiger partial charge in [-0.2, -0.15) is 0 Å². The minimum Gasteiger partial charge on any atom is -0.391 e. The molecule has 1 aliphatic heterocycles. The number of aliphatic hydroxyl groups excluding tert-OH is 1. The third-order valence-corrected chi connectivity index (χ3v) is 3.22. The molecule has 0 saturated heterocycles. The molecule has 104 valence electrons. The summed E-state index contributed by atoms with van der Waals surface area (Å²) in [6, 6.07) is 7.72. The number of anilines is 1. The Bertz CT molecular complexity index is 411. The van der Waals surface area contributed by atoms with Crippen molar-refractivity contribution in [2.45, 2.75) is 25.0 Å². The lowest BCUT2D eigenvalue weighted by atomic mass is 10.1. The molecule has 2 rings (SSSR count). The number of nitrogens with one attached hydrogen (secondary N) is 2. The van der Waals surface area contributed by atoms with Gasteiger partial charge in [-0.1, -0.05) is 18.2 Å². The van der Waals surface area contributed by atoms with Crippen LogP contribution >= 0.6 is 0 Å². The normalized spacial score (nSPS) is 18.5. The Balaban J connectivity index is 1.74. The maximum absolute atomic E-state index is 12.0. The minimum absolute atomic E-state index is 0.0270. The number of methoxy groups -OCH3 is 1. The second-order valence-electron chi connectivity index (χ2n) is 4.75. The van der Waals surface area contributed by atoms with E-state index in [0.717, 1.165) is 5.69 Å². The van der Waals surface area contributed by atoms with Crippen LogP contribution in [-0.4, -0.2) is 43.4 Å². The molecule has 5 nitrogen and oxygen atoms in total. The van der Waals surface area contributed by atoms with Crippen molar-refractivity contribution in [3.05, 3.63) is 29.8 Å². The fraction of sp³-hybridized carbons (Fsp3) is 0.500. The van der Waals surface area contributed by atoms with Gasteiger partial charge in [0.1, 0.15) is 6.04 Å². The summed E-state index contributed by atoms with van der Waals surface area (Å²) in [5.41, 5.74) is 2.20. The summed E-state index contributed by atoms with van der Waals surface area (Å²) >= 11 is 0. The molecule has 0 aliphatic carbocycles. The van der Waals surface area contributed by atoms with E-state index in [1.165, 1.54) is 5.56 Å². The lowest BCUT2D eigenvalue weighted by Crippen LogP contribution is -2.39. The molecule has 19 heavy (non-hydrogen) atoms. The van der Waals surface area contributed by atoms with Gasteiger partial charge in [-0.15, -0.1) is 0 Å². The van der Waals surface area contributed by atoms with Gasteiger partial charge < -0.3 is 20.5 Å². The van der Waals surface area contributed by atoms with Crippen LogP contribution in [0.25, 0.3) is 0 Å². The Morgan fingerprint density at radius 3 is 3.11 bits per heavy atom. The lowest BCUT2D eigenvalue weighted by molar-refractivity contribution is -0.121. The van der Waals surface area contributed by atoms with Gasteiger partial charge in [-0.05, 0) is 18.1 Å². The fourth-order valence-corrected chi connectivity index (χ4v) is 2.22. The zero-order chi connectivity index (χ0) is 13.7. The summed E-state index contributed by atoms with van der Waals surface area (Å²) in [7, 11) is 1.54. The molecule has 5 heteroatoms. The number of amides is 1. The third kappa shape index (κ3) is 3.68. The van der Waals surface area contributed by atoms with Crippen LogP contribution in [0.1, 0.15) is 12.0 Å². The van der Waals surface area contributed by atoms with Gasteiger partial charge in [-0.25, -0.2) is 0 Å². The van der Waals surface area contributed by atoms with E-state index >= 15 is 0 Å². The highest BCUT2D eigenvalue weighted by Gasteiger charge is 2.25. The lowest BCUT2D eigenvalue weighted by Gasteiger charge is -2.13. The smallest absolute Gasteiger partial charge is 0.242 e. The van der Waals surface area contributed by atoms with Crippen molar-refractivity contribution in [1.29, 1.82) is 0 Å². The van der Waals surface area contributed by atoms with Gasteiger partial charge in [0, 0.05) is 25.8 Å². The number of carbonyl (C=O) groups excluding carboxylic acids is 1. The van der Waals surface area contributed by atoms with Crippen LogP contribution in [0.2, 0.25) is 0 Å². The second-order valence-corrected chi connectivity index (χ2v) is 4.75. The van der Waals surface area contributed by atoms with E-state index in [2.05, 4.69) is 10.6 Å². The molecule has 1 heterocycles. The molecule has 0 radical (unpaired) electrons. The van der Waals surface area contributed by atoms with E-state index in [-0.39, 0.29) is 11.9 Å². The molecule has 1 aliphatic rings. The van der Waals surface area contributed by atoms with Crippen molar-refractivity contribution in [2.75, 3.05) is 25.6 Å². The topological polar surface area (TPSA) is 70.6 Å². The van der Waals surface area contributed by atoms with Gasteiger partial charge >= 0.3 is 0 Å². The Kier molecular flexibility index (Phi) is 4.76. The quantitative estimate of drug-likeness (QED) is 0.701. The highest BCUT2D eigenvalue weighted by atomic mass is 16.5. The van der Waals surface area contributed by atoms with Crippen LogP contribution in [0.15, 0.2) is 24.3 Å². The van der Waals surface area contributed by atoms with Gasteiger partial charge in [0.25, 0.3) is 0 Å².